The minimum absolute atomic E-state index is 0.0352. The van der Waals surface area contributed by atoms with Crippen LogP contribution in [0.3, 0.4) is 0 Å². The summed E-state index contributed by atoms with van der Waals surface area (Å²) in [4.78, 5) is 47.9. The molecular weight excluding hydrogens is 470 g/mol. The minimum atomic E-state index is -1.11. The molecule has 202 valence electrons. The Morgan fingerprint density at radius 2 is 1.39 bits per heavy atom. The van der Waals surface area contributed by atoms with Crippen LogP contribution in [0.2, 0.25) is 0 Å². The predicted molar refractivity (Wildman–Crippen MR) is 132 cm³/mol. The van der Waals surface area contributed by atoms with Crippen molar-refractivity contribution in [3.8, 4) is 11.5 Å². The van der Waals surface area contributed by atoms with Gasteiger partial charge in [-0.05, 0) is 56.7 Å². The van der Waals surface area contributed by atoms with Crippen LogP contribution in [0.15, 0.2) is 18.2 Å². The monoisotopic (exact) mass is 509 g/mol. The van der Waals surface area contributed by atoms with E-state index in [-0.39, 0.29) is 55.2 Å². The van der Waals surface area contributed by atoms with Gasteiger partial charge in [0.15, 0.2) is 11.5 Å². The minimum Gasteiger partial charge on any atom is -0.480 e. The first-order chi connectivity index (χ1) is 16.8. The Labute approximate surface area is 212 Å². The standard InChI is InChI=1S/C26H39NO9/c1-15(2)10-23(28)35-21-9-8-19(13-22(21)36-24(29)11-16(3)4)12-20(25(30)31)27-14-18(7)34-26(32)33-17(5)6/h8-9,13,15-18,20,27H,10-12,14H2,1-7H3,(H,30,31)/t18?,20-/m0/s1. The lowest BCUT2D eigenvalue weighted by Gasteiger charge is -2.19. The molecule has 1 aromatic rings. The van der Waals surface area contributed by atoms with E-state index in [1.807, 2.05) is 27.7 Å². The smallest absolute Gasteiger partial charge is 0.480 e. The summed E-state index contributed by atoms with van der Waals surface area (Å²) in [6.07, 6.45) is -1.40. The molecule has 10 nitrogen and oxygen atoms in total. The number of ether oxygens (including phenoxy) is 4. The van der Waals surface area contributed by atoms with Gasteiger partial charge in [0.25, 0.3) is 0 Å². The third kappa shape index (κ3) is 12.5. The van der Waals surface area contributed by atoms with Gasteiger partial charge in [-0.15, -0.1) is 0 Å². The normalized spacial score (nSPS) is 12.8. The van der Waals surface area contributed by atoms with Gasteiger partial charge in [0.1, 0.15) is 12.1 Å². The summed E-state index contributed by atoms with van der Waals surface area (Å²) in [6, 6.07) is 3.56. The second-order valence-corrected chi connectivity index (χ2v) is 9.77. The third-order valence-corrected chi connectivity index (χ3v) is 4.62. The molecule has 2 atom stereocenters. The van der Waals surface area contributed by atoms with Crippen LogP contribution in [0.5, 0.6) is 11.5 Å². The van der Waals surface area contributed by atoms with Crippen LogP contribution in [-0.4, -0.2) is 54.0 Å². The Kier molecular flexibility index (Phi) is 12.9. The second-order valence-electron chi connectivity index (χ2n) is 9.77. The fourth-order valence-electron chi connectivity index (χ4n) is 3.06. The van der Waals surface area contributed by atoms with Crippen LogP contribution < -0.4 is 14.8 Å². The molecule has 0 saturated carbocycles. The lowest BCUT2D eigenvalue weighted by atomic mass is 10.0. The van der Waals surface area contributed by atoms with Crippen LogP contribution in [0.1, 0.15) is 66.9 Å². The maximum absolute atomic E-state index is 12.3. The molecule has 0 aromatic heterocycles. The largest absolute Gasteiger partial charge is 0.508 e. The average Bonchev–Trinajstić information content (AvgIpc) is 2.70. The van der Waals surface area contributed by atoms with Crippen molar-refractivity contribution in [3.05, 3.63) is 23.8 Å². The highest BCUT2D eigenvalue weighted by atomic mass is 16.7. The summed E-state index contributed by atoms with van der Waals surface area (Å²) < 4.78 is 20.9. The van der Waals surface area contributed by atoms with E-state index >= 15 is 0 Å². The number of esters is 2. The Morgan fingerprint density at radius 3 is 1.89 bits per heavy atom. The summed E-state index contributed by atoms with van der Waals surface area (Å²) >= 11 is 0. The number of carbonyl (C=O) groups is 4. The number of benzene rings is 1. The van der Waals surface area contributed by atoms with Gasteiger partial charge in [0.05, 0.1) is 6.10 Å². The van der Waals surface area contributed by atoms with E-state index in [4.69, 9.17) is 18.9 Å². The van der Waals surface area contributed by atoms with Crippen LogP contribution in [0.25, 0.3) is 0 Å². The summed E-state index contributed by atoms with van der Waals surface area (Å²) in [7, 11) is 0. The van der Waals surface area contributed by atoms with Crippen molar-refractivity contribution >= 4 is 24.1 Å². The first-order valence-electron chi connectivity index (χ1n) is 12.1. The van der Waals surface area contributed by atoms with Crippen LogP contribution in [-0.2, 0) is 30.3 Å². The van der Waals surface area contributed by atoms with E-state index in [0.717, 1.165) is 0 Å². The molecule has 0 bridgehead atoms. The maximum atomic E-state index is 12.3. The van der Waals surface area contributed by atoms with Crippen LogP contribution in [0, 0.1) is 11.8 Å². The first-order valence-corrected chi connectivity index (χ1v) is 12.1. The lowest BCUT2D eigenvalue weighted by Crippen LogP contribution is -2.42. The molecule has 0 aliphatic carbocycles. The molecule has 0 heterocycles. The van der Waals surface area contributed by atoms with Crippen molar-refractivity contribution in [2.24, 2.45) is 11.8 Å². The van der Waals surface area contributed by atoms with Gasteiger partial charge in [0.2, 0.25) is 0 Å². The summed E-state index contributed by atoms with van der Waals surface area (Å²) in [5, 5.41) is 12.5. The Hall–Kier alpha value is -3.14. The summed E-state index contributed by atoms with van der Waals surface area (Å²) in [5.74, 6) is -1.78. The summed E-state index contributed by atoms with van der Waals surface area (Å²) in [5.41, 5.74) is 0.540. The zero-order valence-electron chi connectivity index (χ0n) is 22.2. The van der Waals surface area contributed by atoms with Gasteiger partial charge in [-0.2, -0.15) is 0 Å². The van der Waals surface area contributed by atoms with Gasteiger partial charge in [-0.3, -0.25) is 14.4 Å². The third-order valence-electron chi connectivity index (χ3n) is 4.62. The Morgan fingerprint density at radius 1 is 0.833 bits per heavy atom. The highest BCUT2D eigenvalue weighted by Gasteiger charge is 2.22. The molecule has 0 aliphatic heterocycles. The van der Waals surface area contributed by atoms with Gasteiger partial charge in [0, 0.05) is 19.4 Å². The number of rotatable bonds is 14. The lowest BCUT2D eigenvalue weighted by molar-refractivity contribution is -0.139. The van der Waals surface area contributed by atoms with E-state index < -0.39 is 36.2 Å². The molecule has 0 aliphatic rings. The number of aliphatic carboxylic acids is 1. The first kappa shape index (κ1) is 30.9. The number of nitrogens with one attached hydrogen (secondary N) is 1. The number of carboxylic acid groups (broad SMARTS) is 1. The zero-order valence-corrected chi connectivity index (χ0v) is 22.2. The number of carboxylic acids is 1. The second kappa shape index (κ2) is 15.1. The number of hydrogen-bond donors (Lipinski definition) is 2. The van der Waals surface area contributed by atoms with Gasteiger partial charge in [-0.25, -0.2) is 4.79 Å². The van der Waals surface area contributed by atoms with Crippen molar-refractivity contribution < 1.29 is 43.2 Å². The zero-order chi connectivity index (χ0) is 27.4. The van der Waals surface area contributed by atoms with E-state index in [0.29, 0.717) is 5.56 Å². The molecule has 36 heavy (non-hydrogen) atoms. The fraction of sp³-hybridized carbons (Fsp3) is 0.615. The molecule has 1 aromatic carbocycles. The van der Waals surface area contributed by atoms with E-state index in [2.05, 4.69) is 5.32 Å². The molecule has 0 spiro atoms. The van der Waals surface area contributed by atoms with Crippen LogP contribution >= 0.6 is 0 Å². The van der Waals surface area contributed by atoms with E-state index in [9.17, 15) is 24.3 Å². The molecule has 1 unspecified atom stereocenters. The SMILES string of the molecule is CC(C)CC(=O)Oc1ccc(C[C@H](NCC(C)OC(=O)OC(C)C)C(=O)O)cc1OC(=O)CC(C)C. The quantitative estimate of drug-likeness (QED) is 0.278. The Balaban J connectivity index is 2.98. The van der Waals surface area contributed by atoms with E-state index in [1.165, 1.54) is 12.1 Å². The molecular formula is C26H39NO9. The summed E-state index contributed by atoms with van der Waals surface area (Å²) in [6.45, 7) is 12.6. The fourth-order valence-corrected chi connectivity index (χ4v) is 3.06. The average molecular weight is 510 g/mol. The number of carbonyl (C=O) groups excluding carboxylic acids is 3. The van der Waals surface area contributed by atoms with E-state index in [1.54, 1.807) is 26.8 Å². The molecule has 1 rings (SSSR count). The molecule has 0 radical (unpaired) electrons. The predicted octanol–water partition coefficient (Wildman–Crippen LogP) is 4.13. The topological polar surface area (TPSA) is 137 Å². The van der Waals surface area contributed by atoms with Crippen molar-refractivity contribution in [3.63, 3.8) is 0 Å². The van der Waals surface area contributed by atoms with Crippen molar-refractivity contribution in [1.29, 1.82) is 0 Å². The van der Waals surface area contributed by atoms with Crippen molar-refractivity contribution in [2.45, 2.75) is 86.0 Å². The van der Waals surface area contributed by atoms with Gasteiger partial charge in [-0.1, -0.05) is 33.8 Å². The highest BCUT2D eigenvalue weighted by Crippen LogP contribution is 2.30. The highest BCUT2D eigenvalue weighted by molar-refractivity contribution is 5.77. The molecule has 2 N–H and O–H groups in total. The molecule has 0 saturated heterocycles. The molecule has 0 fully saturated rings. The van der Waals surface area contributed by atoms with Gasteiger partial charge >= 0.3 is 24.1 Å². The molecule has 10 heteroatoms. The Bertz CT molecular complexity index is 895. The van der Waals surface area contributed by atoms with Crippen molar-refractivity contribution in [1.82, 2.24) is 5.32 Å². The number of hydrogen-bond acceptors (Lipinski definition) is 9. The maximum Gasteiger partial charge on any atom is 0.508 e. The van der Waals surface area contributed by atoms with Crippen LogP contribution in [0.4, 0.5) is 4.79 Å². The van der Waals surface area contributed by atoms with Crippen molar-refractivity contribution in [2.75, 3.05) is 6.54 Å². The molecule has 0 amide bonds. The van der Waals surface area contributed by atoms with Gasteiger partial charge < -0.3 is 29.4 Å².